The highest BCUT2D eigenvalue weighted by molar-refractivity contribution is 5.90. The molecule has 160 valence electrons. The van der Waals surface area contributed by atoms with E-state index in [9.17, 15) is 13.2 Å². The lowest BCUT2D eigenvalue weighted by atomic mass is 9.97. The molecule has 0 amide bonds. The maximum Gasteiger partial charge on any atom is 0.573 e. The van der Waals surface area contributed by atoms with Gasteiger partial charge in [-0.2, -0.15) is 0 Å². The second kappa shape index (κ2) is 8.22. The first kappa shape index (κ1) is 20.6. The topological polar surface area (TPSA) is 73.3 Å². The van der Waals surface area contributed by atoms with Gasteiger partial charge in [0, 0.05) is 29.0 Å². The maximum absolute atomic E-state index is 12.8. The van der Waals surface area contributed by atoms with E-state index in [1.54, 1.807) is 36.4 Å². The van der Waals surface area contributed by atoms with E-state index in [2.05, 4.69) is 15.0 Å². The Morgan fingerprint density at radius 2 is 1.81 bits per heavy atom. The summed E-state index contributed by atoms with van der Waals surface area (Å²) >= 11 is 0. The van der Waals surface area contributed by atoms with Crippen LogP contribution in [0.2, 0.25) is 0 Å². The third-order valence-electron chi connectivity index (χ3n) is 4.65. The third-order valence-corrected chi connectivity index (χ3v) is 4.65. The fourth-order valence-electron chi connectivity index (χ4n) is 3.32. The lowest BCUT2D eigenvalue weighted by Crippen LogP contribution is -2.17. The molecule has 1 heterocycles. The number of nitrogen functional groups attached to an aromatic ring is 1. The largest absolute Gasteiger partial charge is 0.573 e. The first-order valence-corrected chi connectivity index (χ1v) is 9.73. The van der Waals surface area contributed by atoms with Gasteiger partial charge in [0.1, 0.15) is 11.3 Å². The predicted molar refractivity (Wildman–Crippen MR) is 115 cm³/mol. The van der Waals surface area contributed by atoms with Crippen molar-refractivity contribution in [3.8, 4) is 28.3 Å². The van der Waals surface area contributed by atoms with Crippen molar-refractivity contribution >= 4 is 22.5 Å². The number of nitrogens with one attached hydrogen (secondary N) is 1. The van der Waals surface area contributed by atoms with Crippen molar-refractivity contribution in [1.82, 2.24) is 4.98 Å². The number of anilines is 2. The molecule has 31 heavy (non-hydrogen) atoms. The van der Waals surface area contributed by atoms with Gasteiger partial charge in [-0.25, -0.2) is 4.98 Å². The number of nitrogens with two attached hydrogens (primary N) is 1. The van der Waals surface area contributed by atoms with Gasteiger partial charge in [0.05, 0.1) is 0 Å². The van der Waals surface area contributed by atoms with E-state index in [-0.39, 0.29) is 11.6 Å². The summed E-state index contributed by atoms with van der Waals surface area (Å²) in [5.41, 5.74) is 10.2. The van der Waals surface area contributed by atoms with Crippen molar-refractivity contribution in [2.45, 2.75) is 19.7 Å². The van der Waals surface area contributed by atoms with Crippen LogP contribution in [0.1, 0.15) is 13.3 Å². The Labute approximate surface area is 176 Å². The highest BCUT2D eigenvalue weighted by atomic mass is 19.4. The number of benzene rings is 3. The zero-order valence-electron chi connectivity index (χ0n) is 16.7. The summed E-state index contributed by atoms with van der Waals surface area (Å²) in [6.45, 7) is 2.77. The van der Waals surface area contributed by atoms with Crippen LogP contribution < -0.4 is 15.8 Å². The minimum absolute atomic E-state index is 0.188. The Hall–Kier alpha value is -3.68. The number of aromatic nitrogens is 1. The molecule has 0 aliphatic heterocycles. The van der Waals surface area contributed by atoms with Crippen LogP contribution in [0.5, 0.6) is 5.75 Å². The molecule has 0 saturated heterocycles. The van der Waals surface area contributed by atoms with Crippen LogP contribution in [0.3, 0.4) is 0 Å². The molecule has 0 atom stereocenters. The van der Waals surface area contributed by atoms with Crippen LogP contribution in [-0.4, -0.2) is 17.9 Å². The molecule has 3 N–H and O–H groups in total. The molecule has 8 heteroatoms. The third kappa shape index (κ3) is 4.58. The quantitative estimate of drug-likeness (QED) is 0.345. The standard InChI is InChI=1S/C23H20F3N3O2/c1-2-11-28-19-10-7-14(27)12-17(19)16-9-8-15(31-23(24,25)26)13-18(16)22-29-20-5-3-4-6-21(20)30-22/h3-10,12-13,28H,2,11,27H2,1H3. The maximum atomic E-state index is 12.8. The number of hydrogen-bond acceptors (Lipinski definition) is 5. The van der Waals surface area contributed by atoms with E-state index < -0.39 is 6.36 Å². The monoisotopic (exact) mass is 427 g/mol. The molecule has 0 unspecified atom stereocenters. The van der Waals surface area contributed by atoms with Crippen LogP contribution in [0.15, 0.2) is 65.1 Å². The Morgan fingerprint density at radius 3 is 2.55 bits per heavy atom. The number of hydrogen-bond donors (Lipinski definition) is 2. The molecule has 0 aliphatic rings. The van der Waals surface area contributed by atoms with Crippen LogP contribution in [0.4, 0.5) is 24.5 Å². The first-order chi connectivity index (χ1) is 14.8. The molecule has 5 nitrogen and oxygen atoms in total. The predicted octanol–water partition coefficient (Wildman–Crippen LogP) is 6.46. The van der Waals surface area contributed by atoms with Gasteiger partial charge in [-0.05, 0) is 60.5 Å². The fourth-order valence-corrected chi connectivity index (χ4v) is 3.32. The van der Waals surface area contributed by atoms with E-state index >= 15 is 0 Å². The van der Waals surface area contributed by atoms with E-state index in [0.29, 0.717) is 27.9 Å². The Kier molecular flexibility index (Phi) is 5.46. The average Bonchev–Trinajstić information content (AvgIpc) is 3.16. The second-order valence-corrected chi connectivity index (χ2v) is 6.97. The number of ether oxygens (including phenoxy) is 1. The van der Waals surface area contributed by atoms with E-state index in [1.807, 2.05) is 19.1 Å². The minimum atomic E-state index is -4.81. The van der Waals surface area contributed by atoms with Gasteiger partial charge in [-0.3, -0.25) is 0 Å². The van der Waals surface area contributed by atoms with Gasteiger partial charge in [0.2, 0.25) is 5.89 Å². The number of nitrogens with zero attached hydrogens (tertiary/aromatic N) is 1. The van der Waals surface area contributed by atoms with Crippen molar-refractivity contribution in [3.05, 3.63) is 60.7 Å². The first-order valence-electron chi connectivity index (χ1n) is 9.73. The smallest absolute Gasteiger partial charge is 0.436 e. The number of oxazole rings is 1. The molecular formula is C23H20F3N3O2. The van der Waals surface area contributed by atoms with Crippen LogP contribution in [-0.2, 0) is 0 Å². The molecule has 4 rings (SSSR count). The van der Waals surface area contributed by atoms with Gasteiger partial charge in [-0.15, -0.1) is 13.2 Å². The van der Waals surface area contributed by atoms with Crippen molar-refractivity contribution < 1.29 is 22.3 Å². The van der Waals surface area contributed by atoms with E-state index in [0.717, 1.165) is 24.2 Å². The van der Waals surface area contributed by atoms with Gasteiger partial charge >= 0.3 is 6.36 Å². The fraction of sp³-hybridized carbons (Fsp3) is 0.174. The normalized spacial score (nSPS) is 11.6. The van der Waals surface area contributed by atoms with Crippen molar-refractivity contribution in [2.24, 2.45) is 0 Å². The second-order valence-electron chi connectivity index (χ2n) is 6.97. The van der Waals surface area contributed by atoms with E-state index in [1.165, 1.54) is 12.1 Å². The van der Waals surface area contributed by atoms with Crippen LogP contribution in [0, 0.1) is 0 Å². The summed E-state index contributed by atoms with van der Waals surface area (Å²) in [7, 11) is 0. The zero-order chi connectivity index (χ0) is 22.0. The summed E-state index contributed by atoms with van der Waals surface area (Å²) < 4.78 is 48.5. The molecule has 0 fully saturated rings. The highest BCUT2D eigenvalue weighted by Crippen LogP contribution is 2.40. The lowest BCUT2D eigenvalue weighted by molar-refractivity contribution is -0.274. The number of rotatable bonds is 6. The molecule has 0 saturated carbocycles. The number of para-hydroxylation sites is 2. The average molecular weight is 427 g/mol. The minimum Gasteiger partial charge on any atom is -0.436 e. The molecule has 0 spiro atoms. The summed E-state index contributed by atoms with van der Waals surface area (Å²) in [6.07, 6.45) is -3.91. The van der Waals surface area contributed by atoms with Crippen LogP contribution in [0.25, 0.3) is 33.7 Å². The highest BCUT2D eigenvalue weighted by Gasteiger charge is 2.31. The molecule has 1 aromatic heterocycles. The summed E-state index contributed by atoms with van der Waals surface area (Å²) in [6, 6.07) is 16.6. The molecule has 0 bridgehead atoms. The van der Waals surface area contributed by atoms with Crippen molar-refractivity contribution in [3.63, 3.8) is 0 Å². The number of alkyl halides is 3. The van der Waals surface area contributed by atoms with Gasteiger partial charge < -0.3 is 20.2 Å². The summed E-state index contributed by atoms with van der Waals surface area (Å²) in [4.78, 5) is 4.47. The van der Waals surface area contributed by atoms with Crippen LogP contribution >= 0.6 is 0 Å². The Morgan fingerprint density at radius 1 is 1.00 bits per heavy atom. The van der Waals surface area contributed by atoms with Gasteiger partial charge in [-0.1, -0.05) is 19.1 Å². The Balaban J connectivity index is 1.91. The molecule has 0 aliphatic carbocycles. The summed E-state index contributed by atoms with van der Waals surface area (Å²) in [5, 5.41) is 3.33. The SMILES string of the molecule is CCCNc1ccc(N)cc1-c1ccc(OC(F)(F)F)cc1-c1nc2ccccc2o1. The summed E-state index contributed by atoms with van der Waals surface area (Å²) in [5.74, 6) is -0.173. The van der Waals surface area contributed by atoms with Crippen molar-refractivity contribution in [1.29, 1.82) is 0 Å². The Bertz CT molecular complexity index is 1190. The molecular weight excluding hydrogens is 407 g/mol. The number of fused-ring (bicyclic) bond motifs is 1. The van der Waals surface area contributed by atoms with Gasteiger partial charge in [0.25, 0.3) is 0 Å². The number of halogens is 3. The van der Waals surface area contributed by atoms with E-state index in [4.69, 9.17) is 10.2 Å². The van der Waals surface area contributed by atoms with Gasteiger partial charge in [0.15, 0.2) is 5.58 Å². The lowest BCUT2D eigenvalue weighted by Gasteiger charge is -2.16. The molecule has 0 radical (unpaired) electrons. The zero-order valence-corrected chi connectivity index (χ0v) is 16.7. The molecule has 4 aromatic rings. The molecule has 3 aromatic carbocycles. The van der Waals surface area contributed by atoms with Crippen molar-refractivity contribution in [2.75, 3.05) is 17.6 Å².